The predicted molar refractivity (Wildman–Crippen MR) is 69.3 cm³/mol. The summed E-state index contributed by atoms with van der Waals surface area (Å²) in [6.45, 7) is 5.74. The monoisotopic (exact) mass is 238 g/mol. The zero-order valence-corrected chi connectivity index (χ0v) is 10.9. The summed E-state index contributed by atoms with van der Waals surface area (Å²) < 4.78 is 5.16. The number of nitrogens with one attached hydrogen (secondary N) is 1. The highest BCUT2D eigenvalue weighted by atomic mass is 16.5. The van der Waals surface area contributed by atoms with Crippen LogP contribution in [0.3, 0.4) is 0 Å². The van der Waals surface area contributed by atoms with Crippen LogP contribution in [0.2, 0.25) is 0 Å². The van der Waals surface area contributed by atoms with E-state index >= 15 is 0 Å². The normalized spacial score (nSPS) is 12.2. The van der Waals surface area contributed by atoms with Gasteiger partial charge in [-0.2, -0.15) is 0 Å². The van der Waals surface area contributed by atoms with Gasteiger partial charge in [0.25, 0.3) is 0 Å². The molecule has 0 aromatic carbocycles. The van der Waals surface area contributed by atoms with Crippen LogP contribution in [-0.2, 0) is 0 Å². The fourth-order valence-corrected chi connectivity index (χ4v) is 1.75. The van der Waals surface area contributed by atoms with Crippen LogP contribution in [0, 0.1) is 12.8 Å². The van der Waals surface area contributed by atoms with Crippen LogP contribution in [0.25, 0.3) is 0 Å². The van der Waals surface area contributed by atoms with Gasteiger partial charge in [0.15, 0.2) is 0 Å². The molecule has 5 heteroatoms. The number of rotatable bonds is 7. The van der Waals surface area contributed by atoms with Gasteiger partial charge in [-0.05, 0) is 25.8 Å². The second-order valence-corrected chi connectivity index (χ2v) is 4.09. The molecule has 1 aromatic heterocycles. The molecule has 0 radical (unpaired) electrons. The van der Waals surface area contributed by atoms with Crippen molar-refractivity contribution in [2.24, 2.45) is 11.7 Å². The Kier molecular flexibility index (Phi) is 5.69. The van der Waals surface area contributed by atoms with Gasteiger partial charge in [-0.25, -0.2) is 9.97 Å². The third kappa shape index (κ3) is 3.85. The topological polar surface area (TPSA) is 73.1 Å². The average molecular weight is 238 g/mol. The first-order chi connectivity index (χ1) is 8.22. The molecule has 0 fully saturated rings. The maximum absolute atomic E-state index is 5.58. The van der Waals surface area contributed by atoms with Crippen molar-refractivity contribution in [2.45, 2.75) is 26.7 Å². The number of hydrogen-bond donors (Lipinski definition) is 2. The van der Waals surface area contributed by atoms with E-state index in [-0.39, 0.29) is 0 Å². The lowest BCUT2D eigenvalue weighted by atomic mass is 10.0. The first-order valence-corrected chi connectivity index (χ1v) is 6.02. The fourth-order valence-electron chi connectivity index (χ4n) is 1.75. The van der Waals surface area contributed by atoms with Crippen molar-refractivity contribution in [1.29, 1.82) is 0 Å². The molecule has 1 aromatic rings. The standard InChI is InChI=1S/C12H22N4O/c1-4-10(5-6-13)7-14-11-9(2)12(17-3)16-8-15-11/h8,10H,4-7,13H2,1-3H3,(H,14,15,16). The van der Waals surface area contributed by atoms with Crippen molar-refractivity contribution in [2.75, 3.05) is 25.5 Å². The molecule has 3 N–H and O–H groups in total. The molecule has 1 unspecified atom stereocenters. The highest BCUT2D eigenvalue weighted by Crippen LogP contribution is 2.20. The SMILES string of the molecule is CCC(CCN)CNc1ncnc(OC)c1C. The van der Waals surface area contributed by atoms with Crippen molar-refractivity contribution in [3.63, 3.8) is 0 Å². The van der Waals surface area contributed by atoms with E-state index in [0.717, 1.165) is 37.3 Å². The third-order valence-corrected chi connectivity index (χ3v) is 2.94. The van der Waals surface area contributed by atoms with E-state index in [4.69, 9.17) is 10.5 Å². The van der Waals surface area contributed by atoms with Gasteiger partial charge in [0, 0.05) is 6.54 Å². The second-order valence-electron chi connectivity index (χ2n) is 4.09. The van der Waals surface area contributed by atoms with Gasteiger partial charge >= 0.3 is 0 Å². The summed E-state index contributed by atoms with van der Waals surface area (Å²) in [6.07, 6.45) is 3.66. The van der Waals surface area contributed by atoms with E-state index in [1.54, 1.807) is 7.11 Å². The molecule has 0 aliphatic rings. The number of hydrogen-bond acceptors (Lipinski definition) is 5. The highest BCUT2D eigenvalue weighted by molar-refractivity contribution is 5.47. The van der Waals surface area contributed by atoms with Crippen LogP contribution in [0.15, 0.2) is 6.33 Å². The molecule has 0 saturated carbocycles. The number of anilines is 1. The maximum Gasteiger partial charge on any atom is 0.221 e. The van der Waals surface area contributed by atoms with Crippen molar-refractivity contribution < 1.29 is 4.74 Å². The molecule has 0 aliphatic carbocycles. The van der Waals surface area contributed by atoms with E-state index in [1.165, 1.54) is 6.33 Å². The minimum absolute atomic E-state index is 0.584. The minimum atomic E-state index is 0.584. The second kappa shape index (κ2) is 7.06. The van der Waals surface area contributed by atoms with E-state index in [0.29, 0.717) is 11.8 Å². The fraction of sp³-hybridized carbons (Fsp3) is 0.667. The third-order valence-electron chi connectivity index (χ3n) is 2.94. The average Bonchev–Trinajstić information content (AvgIpc) is 2.36. The molecule has 0 spiro atoms. The van der Waals surface area contributed by atoms with Gasteiger partial charge in [-0.3, -0.25) is 0 Å². The van der Waals surface area contributed by atoms with Crippen LogP contribution < -0.4 is 15.8 Å². The molecular weight excluding hydrogens is 216 g/mol. The van der Waals surface area contributed by atoms with E-state index < -0.39 is 0 Å². The van der Waals surface area contributed by atoms with Crippen molar-refractivity contribution in [3.8, 4) is 5.88 Å². The molecule has 0 bridgehead atoms. The van der Waals surface area contributed by atoms with Gasteiger partial charge in [0.1, 0.15) is 12.1 Å². The van der Waals surface area contributed by atoms with Gasteiger partial charge in [0.05, 0.1) is 12.7 Å². The van der Waals surface area contributed by atoms with Crippen molar-refractivity contribution in [3.05, 3.63) is 11.9 Å². The zero-order chi connectivity index (χ0) is 12.7. The summed E-state index contributed by atoms with van der Waals surface area (Å²) in [5.41, 5.74) is 6.52. The number of ether oxygens (including phenoxy) is 1. The summed E-state index contributed by atoms with van der Waals surface area (Å²) in [7, 11) is 1.61. The number of nitrogens with two attached hydrogens (primary N) is 1. The molecule has 1 rings (SSSR count). The largest absolute Gasteiger partial charge is 0.481 e. The van der Waals surface area contributed by atoms with E-state index in [1.807, 2.05) is 6.92 Å². The lowest BCUT2D eigenvalue weighted by Crippen LogP contribution is -2.18. The molecule has 5 nitrogen and oxygen atoms in total. The molecule has 96 valence electrons. The Labute approximate surface area is 103 Å². The molecule has 1 atom stereocenters. The molecule has 0 aliphatic heterocycles. The number of methoxy groups -OCH3 is 1. The summed E-state index contributed by atoms with van der Waals surface area (Å²) in [6, 6.07) is 0. The summed E-state index contributed by atoms with van der Waals surface area (Å²) in [5, 5.41) is 3.34. The van der Waals surface area contributed by atoms with Crippen molar-refractivity contribution in [1.82, 2.24) is 9.97 Å². The number of aromatic nitrogens is 2. The first-order valence-electron chi connectivity index (χ1n) is 6.02. The molecule has 0 amide bonds. The van der Waals surface area contributed by atoms with Gasteiger partial charge in [-0.15, -0.1) is 0 Å². The molecule has 0 saturated heterocycles. The summed E-state index contributed by atoms with van der Waals surface area (Å²) >= 11 is 0. The van der Waals surface area contributed by atoms with Crippen LogP contribution in [0.5, 0.6) is 5.88 Å². The molecular formula is C12H22N4O. The Morgan fingerprint density at radius 2 is 2.24 bits per heavy atom. The highest BCUT2D eigenvalue weighted by Gasteiger charge is 2.09. The lowest BCUT2D eigenvalue weighted by Gasteiger charge is -2.16. The smallest absolute Gasteiger partial charge is 0.221 e. The number of nitrogens with zero attached hydrogens (tertiary/aromatic N) is 2. The minimum Gasteiger partial charge on any atom is -0.481 e. The molecule has 1 heterocycles. The van der Waals surface area contributed by atoms with Crippen LogP contribution in [-0.4, -0.2) is 30.2 Å². The summed E-state index contributed by atoms with van der Waals surface area (Å²) in [4.78, 5) is 8.27. The lowest BCUT2D eigenvalue weighted by molar-refractivity contribution is 0.393. The Balaban J connectivity index is 2.62. The van der Waals surface area contributed by atoms with Gasteiger partial charge in [-0.1, -0.05) is 13.3 Å². The van der Waals surface area contributed by atoms with Gasteiger partial charge < -0.3 is 15.8 Å². The predicted octanol–water partition coefficient (Wildman–Crippen LogP) is 1.58. The van der Waals surface area contributed by atoms with Crippen LogP contribution in [0.1, 0.15) is 25.3 Å². The molecule has 17 heavy (non-hydrogen) atoms. The van der Waals surface area contributed by atoms with E-state index in [9.17, 15) is 0 Å². The van der Waals surface area contributed by atoms with Crippen molar-refractivity contribution >= 4 is 5.82 Å². The van der Waals surface area contributed by atoms with E-state index in [2.05, 4.69) is 22.2 Å². The summed E-state index contributed by atoms with van der Waals surface area (Å²) in [5.74, 6) is 2.04. The quantitative estimate of drug-likeness (QED) is 0.754. The Morgan fingerprint density at radius 1 is 1.47 bits per heavy atom. The Hall–Kier alpha value is -1.36. The first kappa shape index (κ1) is 13.7. The Morgan fingerprint density at radius 3 is 2.82 bits per heavy atom. The van der Waals surface area contributed by atoms with Crippen LogP contribution >= 0.6 is 0 Å². The zero-order valence-electron chi connectivity index (χ0n) is 10.9. The Bertz CT molecular complexity index is 343. The van der Waals surface area contributed by atoms with Crippen LogP contribution in [0.4, 0.5) is 5.82 Å². The maximum atomic E-state index is 5.58. The van der Waals surface area contributed by atoms with Gasteiger partial charge in [0.2, 0.25) is 5.88 Å².